The van der Waals surface area contributed by atoms with Crippen molar-refractivity contribution < 1.29 is 23.9 Å². The van der Waals surface area contributed by atoms with E-state index in [0.29, 0.717) is 24.3 Å². The number of ketones is 1. The molecule has 0 N–H and O–H groups in total. The highest BCUT2D eigenvalue weighted by atomic mass is 16.5. The quantitative estimate of drug-likeness (QED) is 0.376. The summed E-state index contributed by atoms with van der Waals surface area (Å²) in [6.45, 7) is 2.53. The first-order valence-corrected chi connectivity index (χ1v) is 10.3. The van der Waals surface area contributed by atoms with Gasteiger partial charge in [0.1, 0.15) is 5.75 Å². The Labute approximate surface area is 187 Å². The molecule has 3 aromatic rings. The lowest BCUT2D eigenvalue weighted by Gasteiger charge is -2.17. The third-order valence-electron chi connectivity index (χ3n) is 4.83. The summed E-state index contributed by atoms with van der Waals surface area (Å²) in [4.78, 5) is 38.6. The lowest BCUT2D eigenvalue weighted by atomic mass is 10.0. The highest BCUT2D eigenvalue weighted by molar-refractivity contribution is 6.09. The fourth-order valence-corrected chi connectivity index (χ4v) is 3.05. The second-order valence-electron chi connectivity index (χ2n) is 7.18. The van der Waals surface area contributed by atoms with E-state index in [4.69, 9.17) is 9.47 Å². The molecule has 0 unspecified atom stereocenters. The van der Waals surface area contributed by atoms with E-state index in [1.807, 2.05) is 37.3 Å². The Balaban J connectivity index is 1.51. The summed E-state index contributed by atoms with van der Waals surface area (Å²) >= 11 is 0. The molecule has 0 bridgehead atoms. The highest BCUT2D eigenvalue weighted by Gasteiger charge is 2.15. The van der Waals surface area contributed by atoms with Crippen LogP contribution in [0, 0.1) is 0 Å². The first-order chi connectivity index (χ1) is 15.5. The van der Waals surface area contributed by atoms with E-state index in [2.05, 4.69) is 0 Å². The van der Waals surface area contributed by atoms with Crippen molar-refractivity contribution in [3.63, 3.8) is 0 Å². The zero-order chi connectivity index (χ0) is 22.9. The highest BCUT2D eigenvalue weighted by Crippen LogP contribution is 2.14. The molecule has 0 saturated heterocycles. The van der Waals surface area contributed by atoms with Crippen LogP contribution in [-0.4, -0.2) is 42.8 Å². The molecule has 0 aliphatic heterocycles. The largest absolute Gasteiger partial charge is 0.494 e. The topological polar surface area (TPSA) is 72.9 Å². The minimum Gasteiger partial charge on any atom is -0.494 e. The molecule has 0 atom stereocenters. The van der Waals surface area contributed by atoms with Gasteiger partial charge < -0.3 is 14.4 Å². The van der Waals surface area contributed by atoms with Crippen molar-refractivity contribution in [2.24, 2.45) is 0 Å². The molecule has 3 rings (SSSR count). The van der Waals surface area contributed by atoms with E-state index < -0.39 is 5.97 Å². The van der Waals surface area contributed by atoms with Gasteiger partial charge in [0.05, 0.1) is 12.2 Å². The molecule has 6 heteroatoms. The van der Waals surface area contributed by atoms with Crippen LogP contribution in [0.1, 0.15) is 38.8 Å². The maximum Gasteiger partial charge on any atom is 0.338 e. The van der Waals surface area contributed by atoms with E-state index in [-0.39, 0.29) is 23.9 Å². The molecule has 0 radical (unpaired) electrons. The number of rotatable bonds is 9. The number of hydrogen-bond donors (Lipinski definition) is 0. The molecule has 32 heavy (non-hydrogen) atoms. The Morgan fingerprint density at radius 2 is 1.38 bits per heavy atom. The van der Waals surface area contributed by atoms with Crippen LogP contribution in [0.15, 0.2) is 78.9 Å². The van der Waals surface area contributed by atoms with Gasteiger partial charge in [-0.25, -0.2) is 4.79 Å². The van der Waals surface area contributed by atoms with E-state index >= 15 is 0 Å². The lowest BCUT2D eigenvalue weighted by molar-refractivity contribution is -0.133. The molecule has 0 aliphatic carbocycles. The summed E-state index contributed by atoms with van der Waals surface area (Å²) < 4.78 is 10.6. The number of carbonyl (C=O) groups excluding carboxylic acids is 3. The molecule has 0 fully saturated rings. The predicted molar refractivity (Wildman–Crippen MR) is 121 cm³/mol. The van der Waals surface area contributed by atoms with Crippen molar-refractivity contribution >= 4 is 17.7 Å². The maximum absolute atomic E-state index is 12.4. The number of nitrogens with zero attached hydrogens (tertiary/aromatic N) is 1. The summed E-state index contributed by atoms with van der Waals surface area (Å²) in [6.07, 6.45) is 0. The van der Waals surface area contributed by atoms with Crippen molar-refractivity contribution in [3.05, 3.63) is 101 Å². The van der Waals surface area contributed by atoms with E-state index in [9.17, 15) is 14.4 Å². The predicted octanol–water partition coefficient (Wildman–Crippen LogP) is 4.13. The van der Waals surface area contributed by atoms with Crippen LogP contribution in [0.5, 0.6) is 5.75 Å². The Morgan fingerprint density at radius 1 is 0.781 bits per heavy atom. The van der Waals surface area contributed by atoms with Crippen LogP contribution >= 0.6 is 0 Å². The van der Waals surface area contributed by atoms with Gasteiger partial charge in [-0.05, 0) is 36.8 Å². The molecule has 164 valence electrons. The number of ether oxygens (including phenoxy) is 2. The van der Waals surface area contributed by atoms with Gasteiger partial charge in [0, 0.05) is 24.7 Å². The normalized spacial score (nSPS) is 10.3. The Kier molecular flexibility index (Phi) is 7.75. The third-order valence-corrected chi connectivity index (χ3v) is 4.83. The van der Waals surface area contributed by atoms with Gasteiger partial charge in [-0.15, -0.1) is 0 Å². The minimum absolute atomic E-state index is 0.128. The SMILES string of the molecule is CCOc1ccc(CN(C)C(=O)COC(=O)c2ccc(C(=O)c3ccccc3)cc2)cc1. The van der Waals surface area contributed by atoms with Gasteiger partial charge in [0.15, 0.2) is 12.4 Å². The van der Waals surface area contributed by atoms with Gasteiger partial charge in [0.2, 0.25) is 0 Å². The third kappa shape index (κ3) is 6.04. The first-order valence-electron chi connectivity index (χ1n) is 10.3. The van der Waals surface area contributed by atoms with E-state index in [1.165, 1.54) is 17.0 Å². The van der Waals surface area contributed by atoms with Crippen LogP contribution in [-0.2, 0) is 16.1 Å². The van der Waals surface area contributed by atoms with Crippen LogP contribution < -0.4 is 4.74 Å². The Hall–Kier alpha value is -3.93. The fraction of sp³-hybridized carbons (Fsp3) is 0.192. The smallest absolute Gasteiger partial charge is 0.338 e. The molecule has 0 heterocycles. The summed E-state index contributed by atoms with van der Waals surface area (Å²) in [5, 5.41) is 0. The van der Waals surface area contributed by atoms with Gasteiger partial charge in [0.25, 0.3) is 5.91 Å². The fourth-order valence-electron chi connectivity index (χ4n) is 3.05. The van der Waals surface area contributed by atoms with E-state index in [0.717, 1.165) is 11.3 Å². The standard InChI is InChI=1S/C26H25NO5/c1-3-31-23-15-9-19(10-16-23)17-27(2)24(28)18-32-26(30)22-13-11-21(12-14-22)25(29)20-7-5-4-6-8-20/h4-16H,3,17-18H2,1-2H3. The number of likely N-dealkylation sites (N-methyl/N-ethyl adjacent to an activating group) is 1. The molecular weight excluding hydrogens is 406 g/mol. The molecule has 0 aromatic heterocycles. The molecule has 0 aliphatic rings. The number of hydrogen-bond acceptors (Lipinski definition) is 5. The lowest BCUT2D eigenvalue weighted by Crippen LogP contribution is -2.30. The van der Waals surface area contributed by atoms with Crippen molar-refractivity contribution in [3.8, 4) is 5.75 Å². The van der Waals surface area contributed by atoms with Crippen molar-refractivity contribution in [1.29, 1.82) is 0 Å². The number of esters is 1. The minimum atomic E-state index is -0.619. The van der Waals surface area contributed by atoms with Crippen LogP contribution in [0.3, 0.4) is 0 Å². The second-order valence-corrected chi connectivity index (χ2v) is 7.18. The molecule has 6 nitrogen and oxygen atoms in total. The average Bonchev–Trinajstić information content (AvgIpc) is 2.83. The summed E-state index contributed by atoms with van der Waals surface area (Å²) in [7, 11) is 1.65. The summed E-state index contributed by atoms with van der Waals surface area (Å²) in [6, 6.07) is 22.6. The second kappa shape index (κ2) is 10.9. The average molecular weight is 431 g/mol. The Bertz CT molecular complexity index is 1060. The zero-order valence-electron chi connectivity index (χ0n) is 18.1. The maximum atomic E-state index is 12.4. The monoisotopic (exact) mass is 431 g/mol. The molecule has 3 aromatic carbocycles. The van der Waals surface area contributed by atoms with E-state index in [1.54, 1.807) is 43.4 Å². The van der Waals surface area contributed by atoms with Gasteiger partial charge in [-0.2, -0.15) is 0 Å². The number of amides is 1. The van der Waals surface area contributed by atoms with Crippen molar-refractivity contribution in [2.45, 2.75) is 13.5 Å². The first kappa shape index (κ1) is 22.7. The van der Waals surface area contributed by atoms with Crippen molar-refractivity contribution in [2.75, 3.05) is 20.3 Å². The molecular formula is C26H25NO5. The van der Waals surface area contributed by atoms with Crippen LogP contribution in [0.25, 0.3) is 0 Å². The van der Waals surface area contributed by atoms with Crippen molar-refractivity contribution in [1.82, 2.24) is 4.90 Å². The van der Waals surface area contributed by atoms with Gasteiger partial charge in [-0.1, -0.05) is 54.6 Å². The van der Waals surface area contributed by atoms with Gasteiger partial charge >= 0.3 is 5.97 Å². The Morgan fingerprint density at radius 3 is 2.00 bits per heavy atom. The zero-order valence-corrected chi connectivity index (χ0v) is 18.1. The summed E-state index contributed by atoms with van der Waals surface area (Å²) in [5.74, 6) is -0.290. The van der Waals surface area contributed by atoms with Gasteiger partial charge in [-0.3, -0.25) is 9.59 Å². The van der Waals surface area contributed by atoms with Crippen LogP contribution in [0.4, 0.5) is 0 Å². The molecule has 0 saturated carbocycles. The number of carbonyl (C=O) groups is 3. The summed E-state index contributed by atoms with van der Waals surface area (Å²) in [5.41, 5.74) is 2.26. The molecule has 1 amide bonds. The van der Waals surface area contributed by atoms with Crippen LogP contribution in [0.2, 0.25) is 0 Å². The number of benzene rings is 3. The molecule has 0 spiro atoms.